The third-order valence-electron chi connectivity index (χ3n) is 2.68. The third-order valence-corrected chi connectivity index (χ3v) is 3.42. The van der Waals surface area contributed by atoms with E-state index in [1.807, 2.05) is 11.8 Å². The fourth-order valence-corrected chi connectivity index (χ4v) is 2.42. The molecule has 0 aliphatic carbocycles. The molecule has 0 aliphatic rings. The summed E-state index contributed by atoms with van der Waals surface area (Å²) in [7, 11) is 2.08. The summed E-state index contributed by atoms with van der Waals surface area (Å²) >= 11 is 1.94. The monoisotopic (exact) mass is 217 g/mol. The predicted octanol–water partition coefficient (Wildman–Crippen LogP) is 3.69. The van der Waals surface area contributed by atoms with E-state index in [4.69, 9.17) is 0 Å². The minimum absolute atomic E-state index is 0.733. The number of hydrogen-bond donors (Lipinski definition) is 1. The summed E-state index contributed by atoms with van der Waals surface area (Å²) in [5.74, 6) is 1.26. The number of thioether (sulfide) groups is 1. The lowest BCUT2D eigenvalue weighted by atomic mass is 10.1. The quantitative estimate of drug-likeness (QED) is 0.560. The first-order chi connectivity index (χ1) is 6.85. The average Bonchev–Trinajstić information content (AvgIpc) is 2.21. The van der Waals surface area contributed by atoms with Crippen LogP contribution in [0.4, 0.5) is 0 Å². The zero-order chi connectivity index (χ0) is 10.6. The van der Waals surface area contributed by atoms with Crippen LogP contribution in [-0.2, 0) is 0 Å². The van der Waals surface area contributed by atoms with Gasteiger partial charge >= 0.3 is 0 Å². The molecule has 2 heteroatoms. The summed E-state index contributed by atoms with van der Waals surface area (Å²) in [4.78, 5) is 0. The molecule has 0 radical (unpaired) electrons. The highest BCUT2D eigenvalue weighted by molar-refractivity contribution is 7.98. The van der Waals surface area contributed by atoms with Gasteiger partial charge in [0.05, 0.1) is 0 Å². The Hall–Kier alpha value is 0.310. The summed E-state index contributed by atoms with van der Waals surface area (Å²) in [6.07, 6.45) is 12.0. The maximum atomic E-state index is 3.38. The standard InChI is InChI=1S/C12H27NS/c1-4-5-6-7-8-9-10-12(13-2)11-14-3/h12-13H,4-11H2,1-3H3. The Morgan fingerprint density at radius 1 is 1.07 bits per heavy atom. The van der Waals surface area contributed by atoms with E-state index in [2.05, 4.69) is 25.5 Å². The predicted molar refractivity (Wildman–Crippen MR) is 69.2 cm³/mol. The van der Waals surface area contributed by atoms with Crippen molar-refractivity contribution in [3.05, 3.63) is 0 Å². The first-order valence-corrected chi connectivity index (χ1v) is 7.40. The minimum Gasteiger partial charge on any atom is -0.316 e. The molecule has 0 heterocycles. The van der Waals surface area contributed by atoms with Crippen molar-refractivity contribution in [2.45, 2.75) is 57.9 Å². The van der Waals surface area contributed by atoms with Crippen LogP contribution in [-0.4, -0.2) is 25.1 Å². The van der Waals surface area contributed by atoms with E-state index in [0.717, 1.165) is 6.04 Å². The Morgan fingerprint density at radius 3 is 2.29 bits per heavy atom. The second-order valence-corrected chi connectivity index (χ2v) is 4.91. The van der Waals surface area contributed by atoms with Crippen molar-refractivity contribution in [3.8, 4) is 0 Å². The molecule has 0 rings (SSSR count). The van der Waals surface area contributed by atoms with Crippen LogP contribution in [0.25, 0.3) is 0 Å². The molecule has 86 valence electrons. The zero-order valence-electron chi connectivity index (χ0n) is 10.1. The molecule has 0 aromatic heterocycles. The van der Waals surface area contributed by atoms with E-state index < -0.39 is 0 Å². The van der Waals surface area contributed by atoms with Gasteiger partial charge in [0.15, 0.2) is 0 Å². The van der Waals surface area contributed by atoms with Gasteiger partial charge in [-0.3, -0.25) is 0 Å². The second kappa shape index (κ2) is 11.4. The number of rotatable bonds is 10. The van der Waals surface area contributed by atoms with E-state index in [1.165, 1.54) is 50.7 Å². The second-order valence-electron chi connectivity index (χ2n) is 4.00. The van der Waals surface area contributed by atoms with Crippen LogP contribution < -0.4 is 5.32 Å². The Morgan fingerprint density at radius 2 is 1.71 bits per heavy atom. The molecular weight excluding hydrogens is 190 g/mol. The topological polar surface area (TPSA) is 12.0 Å². The molecular formula is C12H27NS. The summed E-state index contributed by atoms with van der Waals surface area (Å²) in [6.45, 7) is 2.27. The summed E-state index contributed by atoms with van der Waals surface area (Å²) in [6, 6.07) is 0.733. The van der Waals surface area contributed by atoms with Gasteiger partial charge in [-0.15, -0.1) is 0 Å². The minimum atomic E-state index is 0.733. The average molecular weight is 217 g/mol. The molecule has 0 aliphatic heterocycles. The van der Waals surface area contributed by atoms with Crippen LogP contribution in [0.3, 0.4) is 0 Å². The smallest absolute Gasteiger partial charge is 0.0155 e. The molecule has 0 spiro atoms. The lowest BCUT2D eigenvalue weighted by molar-refractivity contribution is 0.514. The van der Waals surface area contributed by atoms with Crippen molar-refractivity contribution >= 4 is 11.8 Å². The molecule has 1 atom stereocenters. The molecule has 0 amide bonds. The van der Waals surface area contributed by atoms with Gasteiger partial charge in [0, 0.05) is 11.8 Å². The molecule has 0 aromatic carbocycles. The summed E-state index contributed by atoms with van der Waals surface area (Å²) in [5.41, 5.74) is 0. The normalized spacial score (nSPS) is 13.1. The molecule has 0 saturated heterocycles. The molecule has 0 fully saturated rings. The Bertz CT molecular complexity index is 106. The lowest BCUT2D eigenvalue weighted by Gasteiger charge is -2.14. The highest BCUT2D eigenvalue weighted by Gasteiger charge is 2.03. The molecule has 0 aromatic rings. The Labute approximate surface area is 94.4 Å². The third kappa shape index (κ3) is 8.89. The van der Waals surface area contributed by atoms with Gasteiger partial charge in [-0.05, 0) is 19.7 Å². The molecule has 0 bridgehead atoms. The van der Waals surface area contributed by atoms with E-state index >= 15 is 0 Å². The largest absolute Gasteiger partial charge is 0.316 e. The highest BCUT2D eigenvalue weighted by atomic mass is 32.2. The van der Waals surface area contributed by atoms with Gasteiger partial charge in [-0.2, -0.15) is 11.8 Å². The summed E-state index contributed by atoms with van der Waals surface area (Å²) < 4.78 is 0. The SMILES string of the molecule is CCCCCCCCC(CSC)NC. The van der Waals surface area contributed by atoms with Crippen LogP contribution in [0.5, 0.6) is 0 Å². The zero-order valence-corrected chi connectivity index (χ0v) is 11.0. The summed E-state index contributed by atoms with van der Waals surface area (Å²) in [5, 5.41) is 3.38. The molecule has 1 unspecified atom stereocenters. The van der Waals surface area contributed by atoms with E-state index in [-0.39, 0.29) is 0 Å². The Balaban J connectivity index is 3.15. The maximum absolute atomic E-state index is 3.38. The van der Waals surface area contributed by atoms with Crippen LogP contribution in [0.2, 0.25) is 0 Å². The van der Waals surface area contributed by atoms with Crippen LogP contribution in [0.1, 0.15) is 51.9 Å². The fraction of sp³-hybridized carbons (Fsp3) is 1.00. The molecule has 0 saturated carbocycles. The van der Waals surface area contributed by atoms with Crippen LogP contribution in [0, 0.1) is 0 Å². The highest BCUT2D eigenvalue weighted by Crippen LogP contribution is 2.10. The van der Waals surface area contributed by atoms with Crippen molar-refractivity contribution in [2.75, 3.05) is 19.1 Å². The van der Waals surface area contributed by atoms with Crippen molar-refractivity contribution in [2.24, 2.45) is 0 Å². The maximum Gasteiger partial charge on any atom is 0.0155 e. The molecule has 1 N–H and O–H groups in total. The van der Waals surface area contributed by atoms with E-state index in [0.29, 0.717) is 0 Å². The number of unbranched alkanes of at least 4 members (excludes halogenated alkanes) is 5. The van der Waals surface area contributed by atoms with Gasteiger partial charge in [0.25, 0.3) is 0 Å². The van der Waals surface area contributed by atoms with Crippen LogP contribution >= 0.6 is 11.8 Å². The van der Waals surface area contributed by atoms with E-state index in [9.17, 15) is 0 Å². The fourth-order valence-electron chi connectivity index (χ4n) is 1.68. The number of hydrogen-bond acceptors (Lipinski definition) is 2. The van der Waals surface area contributed by atoms with E-state index in [1.54, 1.807) is 0 Å². The van der Waals surface area contributed by atoms with Gasteiger partial charge in [0.1, 0.15) is 0 Å². The van der Waals surface area contributed by atoms with Crippen LogP contribution in [0.15, 0.2) is 0 Å². The van der Waals surface area contributed by atoms with Crippen molar-refractivity contribution in [1.29, 1.82) is 0 Å². The van der Waals surface area contributed by atoms with Gasteiger partial charge in [-0.1, -0.05) is 45.4 Å². The number of nitrogens with one attached hydrogen (secondary N) is 1. The molecule has 14 heavy (non-hydrogen) atoms. The Kier molecular flexibility index (Phi) is 11.6. The van der Waals surface area contributed by atoms with Crippen molar-refractivity contribution in [3.63, 3.8) is 0 Å². The lowest BCUT2D eigenvalue weighted by Crippen LogP contribution is -2.27. The van der Waals surface area contributed by atoms with Crippen molar-refractivity contribution < 1.29 is 0 Å². The first kappa shape index (κ1) is 14.3. The van der Waals surface area contributed by atoms with Crippen molar-refractivity contribution in [1.82, 2.24) is 5.32 Å². The molecule has 1 nitrogen and oxygen atoms in total. The van der Waals surface area contributed by atoms with Gasteiger partial charge < -0.3 is 5.32 Å². The van der Waals surface area contributed by atoms with Gasteiger partial charge in [-0.25, -0.2) is 0 Å². The van der Waals surface area contributed by atoms with Gasteiger partial charge in [0.2, 0.25) is 0 Å². The first-order valence-electron chi connectivity index (χ1n) is 6.01.